The average molecular weight is 531 g/mol. The van der Waals surface area contributed by atoms with Gasteiger partial charge in [-0.1, -0.05) is 29.8 Å². The molecule has 5 rings (SSSR count). The van der Waals surface area contributed by atoms with Crippen LogP contribution in [0.4, 0.5) is 13.2 Å². The Hall–Kier alpha value is -3.06. The van der Waals surface area contributed by atoms with Gasteiger partial charge < -0.3 is 14.4 Å². The molecule has 2 unspecified atom stereocenters. The minimum Gasteiger partial charge on any atom is -0.406 e. The van der Waals surface area contributed by atoms with Gasteiger partial charge in [-0.05, 0) is 55.7 Å². The Morgan fingerprint density at radius 1 is 1.19 bits per heavy atom. The van der Waals surface area contributed by atoms with E-state index >= 15 is 0 Å². The summed E-state index contributed by atoms with van der Waals surface area (Å²) in [5, 5.41) is 10.8. The van der Waals surface area contributed by atoms with Crippen molar-refractivity contribution in [2.75, 3.05) is 26.7 Å². The van der Waals surface area contributed by atoms with Crippen LogP contribution in [-0.2, 0) is 15.9 Å². The van der Waals surface area contributed by atoms with Gasteiger partial charge in [-0.3, -0.25) is 9.88 Å². The normalized spacial score (nSPS) is 23.1. The minimum absolute atomic E-state index is 0.300. The summed E-state index contributed by atoms with van der Waals surface area (Å²) in [6.45, 7) is 3.56. The van der Waals surface area contributed by atoms with Crippen LogP contribution in [0.25, 0.3) is 0 Å². The number of fused-ring (bicyclic) bond motifs is 2. The molecule has 1 aromatic heterocycles. The Labute approximate surface area is 218 Å². The van der Waals surface area contributed by atoms with E-state index in [0.29, 0.717) is 43.1 Å². The third kappa shape index (κ3) is 4.70. The van der Waals surface area contributed by atoms with Gasteiger partial charge in [0, 0.05) is 49.2 Å². The summed E-state index contributed by atoms with van der Waals surface area (Å²) in [5.41, 5.74) is 1.86. The molecule has 1 fully saturated rings. The quantitative estimate of drug-likeness (QED) is 0.503. The predicted octanol–water partition coefficient (Wildman–Crippen LogP) is 5.73. The average Bonchev–Trinajstić information content (AvgIpc) is 3.18. The van der Waals surface area contributed by atoms with Gasteiger partial charge in [0.25, 0.3) is 0 Å². The Bertz CT molecular complexity index is 1280. The number of piperidine rings is 1. The molecule has 1 aromatic carbocycles. The number of benzene rings is 1. The lowest BCUT2D eigenvalue weighted by Gasteiger charge is -2.45. The van der Waals surface area contributed by atoms with Crippen LogP contribution in [0.15, 0.2) is 65.5 Å². The molecular weight excluding hydrogens is 505 g/mol. The number of halogens is 4. The fourth-order valence-corrected chi connectivity index (χ4v) is 5.64. The van der Waals surface area contributed by atoms with Gasteiger partial charge in [-0.25, -0.2) is 0 Å². The second-order valence-electron chi connectivity index (χ2n) is 9.72. The molecule has 10 heteroatoms. The summed E-state index contributed by atoms with van der Waals surface area (Å²) in [7, 11) is 2.00. The Morgan fingerprint density at radius 3 is 2.54 bits per heavy atom. The molecule has 0 radical (unpaired) electrons. The maximum absolute atomic E-state index is 12.6. The topological polar surface area (TPSA) is 61.6 Å². The third-order valence-corrected chi connectivity index (χ3v) is 7.79. The molecule has 37 heavy (non-hydrogen) atoms. The van der Waals surface area contributed by atoms with Crippen molar-refractivity contribution in [3.63, 3.8) is 0 Å². The Kier molecular flexibility index (Phi) is 6.47. The number of rotatable bonds is 4. The number of allylic oxidation sites excluding steroid dienone is 2. The van der Waals surface area contributed by atoms with Gasteiger partial charge in [-0.15, -0.1) is 13.2 Å². The number of alkyl halides is 3. The Balaban J connectivity index is 1.38. The fraction of sp³-hybridized carbons (Fsp3) is 0.407. The third-order valence-electron chi connectivity index (χ3n) is 7.52. The monoisotopic (exact) mass is 530 g/mol. The number of pyridine rings is 1. The zero-order chi connectivity index (χ0) is 26.4. The second kappa shape index (κ2) is 9.35. The van der Waals surface area contributed by atoms with Crippen molar-refractivity contribution < 1.29 is 22.6 Å². The van der Waals surface area contributed by atoms with Gasteiger partial charge in [0.05, 0.1) is 11.8 Å². The number of likely N-dealkylation sites (tertiary alicyclic amines) is 1. The van der Waals surface area contributed by atoms with Gasteiger partial charge in [-0.2, -0.15) is 5.26 Å². The van der Waals surface area contributed by atoms with Crippen molar-refractivity contribution in [1.29, 1.82) is 5.26 Å². The molecule has 0 aliphatic carbocycles. The largest absolute Gasteiger partial charge is 0.573 e. The molecule has 1 spiro atoms. The molecule has 2 aromatic rings. The van der Waals surface area contributed by atoms with Crippen molar-refractivity contribution >= 4 is 11.6 Å². The first kappa shape index (κ1) is 25.6. The van der Waals surface area contributed by atoms with E-state index in [0.717, 1.165) is 17.0 Å². The van der Waals surface area contributed by atoms with E-state index in [-0.39, 0.29) is 11.9 Å². The number of nitrogens with zero attached hydrogens (tertiary/aromatic N) is 4. The van der Waals surface area contributed by atoms with Crippen LogP contribution in [0.3, 0.4) is 0 Å². The molecule has 4 heterocycles. The highest BCUT2D eigenvalue weighted by Crippen LogP contribution is 2.52. The first-order chi connectivity index (χ1) is 17.5. The molecule has 0 amide bonds. The van der Waals surface area contributed by atoms with Crippen LogP contribution < -0.4 is 4.74 Å². The molecule has 0 saturated carbocycles. The maximum Gasteiger partial charge on any atom is 0.573 e. The maximum atomic E-state index is 12.6. The van der Waals surface area contributed by atoms with Crippen LogP contribution in [0.1, 0.15) is 42.7 Å². The van der Waals surface area contributed by atoms with Gasteiger partial charge in [0.15, 0.2) is 0 Å². The molecule has 3 aliphatic heterocycles. The summed E-state index contributed by atoms with van der Waals surface area (Å²) in [6, 6.07) is 11.8. The fourth-order valence-electron chi connectivity index (χ4n) is 5.46. The van der Waals surface area contributed by atoms with Crippen molar-refractivity contribution in [3.05, 3.63) is 82.3 Å². The predicted molar refractivity (Wildman–Crippen MR) is 131 cm³/mol. The highest BCUT2D eigenvalue weighted by Gasteiger charge is 2.51. The van der Waals surface area contributed by atoms with Gasteiger partial charge >= 0.3 is 6.36 Å². The van der Waals surface area contributed by atoms with Crippen LogP contribution in [-0.4, -0.2) is 47.8 Å². The number of aromatic nitrogens is 1. The molecule has 2 atom stereocenters. The number of ether oxygens (including phenoxy) is 2. The minimum atomic E-state index is -4.77. The zero-order valence-corrected chi connectivity index (χ0v) is 21.2. The summed E-state index contributed by atoms with van der Waals surface area (Å²) >= 11 is 6.33. The van der Waals surface area contributed by atoms with Crippen molar-refractivity contribution in [3.8, 4) is 11.8 Å². The first-order valence-electron chi connectivity index (χ1n) is 12.0. The van der Waals surface area contributed by atoms with Crippen LogP contribution in [0.2, 0.25) is 0 Å². The zero-order valence-electron chi connectivity index (χ0n) is 20.4. The smallest absolute Gasteiger partial charge is 0.406 e. The highest BCUT2D eigenvalue weighted by molar-refractivity contribution is 6.31. The summed E-state index contributed by atoms with van der Waals surface area (Å²) in [4.78, 5) is 8.88. The molecule has 0 bridgehead atoms. The van der Waals surface area contributed by atoms with E-state index in [4.69, 9.17) is 21.3 Å². The molecule has 1 saturated heterocycles. The highest BCUT2D eigenvalue weighted by atomic mass is 35.5. The lowest BCUT2D eigenvalue weighted by Crippen LogP contribution is -2.51. The van der Waals surface area contributed by atoms with Crippen LogP contribution >= 0.6 is 11.6 Å². The van der Waals surface area contributed by atoms with E-state index < -0.39 is 17.5 Å². The van der Waals surface area contributed by atoms with E-state index in [9.17, 15) is 18.4 Å². The molecule has 0 N–H and O–H groups in total. The standard InChI is InChI=1S/C27H26ClF3N4O2/c1-25(17-32,18-5-7-20(8-6-18)36-27(29,30)31)35-14-10-26(11-15-35)24-21(4-3-12-33-24)23(37-26)22-16-19(28)9-13-34(22)2/h3-9,12,16,23H,10-11,13-15H2,1-2H3. The van der Waals surface area contributed by atoms with E-state index in [1.807, 2.05) is 36.2 Å². The molecular formula is C27H26ClF3N4O2. The SMILES string of the molecule is CN1CC=C(Cl)C=C1C1OC2(CCN(C(C)(C#N)c3ccc(OC(F)(F)F)cc3)CC2)c2ncccc21. The van der Waals surface area contributed by atoms with E-state index in [2.05, 4.69) is 15.7 Å². The van der Waals surface area contributed by atoms with E-state index in [1.165, 1.54) is 24.3 Å². The van der Waals surface area contributed by atoms with Crippen LogP contribution in [0.5, 0.6) is 5.75 Å². The number of hydrogen-bond acceptors (Lipinski definition) is 6. The van der Waals surface area contributed by atoms with Crippen molar-refractivity contribution in [2.45, 2.75) is 43.4 Å². The Morgan fingerprint density at radius 2 is 1.89 bits per heavy atom. The van der Waals surface area contributed by atoms with Crippen LogP contribution in [0, 0.1) is 11.3 Å². The summed E-state index contributed by atoms with van der Waals surface area (Å²) in [5.74, 6) is -0.320. The second-order valence-corrected chi connectivity index (χ2v) is 10.2. The van der Waals surface area contributed by atoms with Crippen molar-refractivity contribution in [2.24, 2.45) is 0 Å². The summed E-state index contributed by atoms with van der Waals surface area (Å²) < 4.78 is 48.4. The summed E-state index contributed by atoms with van der Waals surface area (Å²) in [6.07, 6.45) is 1.80. The lowest BCUT2D eigenvalue weighted by molar-refractivity contribution is -0.274. The molecule has 3 aliphatic rings. The number of nitriles is 1. The lowest BCUT2D eigenvalue weighted by atomic mass is 9.83. The number of likely N-dealkylation sites (N-methyl/N-ethyl adjacent to an activating group) is 1. The molecule has 6 nitrogen and oxygen atoms in total. The first-order valence-corrected chi connectivity index (χ1v) is 12.4. The van der Waals surface area contributed by atoms with Crippen molar-refractivity contribution in [1.82, 2.24) is 14.8 Å². The van der Waals surface area contributed by atoms with E-state index in [1.54, 1.807) is 13.1 Å². The van der Waals surface area contributed by atoms with Gasteiger partial charge in [0.1, 0.15) is 23.0 Å². The molecule has 194 valence electrons. The van der Waals surface area contributed by atoms with Gasteiger partial charge in [0.2, 0.25) is 0 Å². The number of hydrogen-bond donors (Lipinski definition) is 0.